The molecule has 1 heterocycles. The van der Waals surface area contributed by atoms with Gasteiger partial charge in [-0.05, 0) is 37.3 Å². The van der Waals surface area contributed by atoms with Crippen LogP contribution in [0.2, 0.25) is 10.0 Å². The fourth-order valence-corrected chi connectivity index (χ4v) is 2.43. The van der Waals surface area contributed by atoms with E-state index >= 15 is 0 Å². The summed E-state index contributed by atoms with van der Waals surface area (Å²) in [5, 5.41) is 6.42. The Kier molecular flexibility index (Phi) is 5.01. The molecule has 0 radical (unpaired) electrons. The van der Waals surface area contributed by atoms with Crippen molar-refractivity contribution in [2.24, 2.45) is 0 Å². The van der Waals surface area contributed by atoms with Gasteiger partial charge in [0, 0.05) is 17.4 Å². The van der Waals surface area contributed by atoms with Crippen molar-refractivity contribution < 1.29 is 8.78 Å². The Morgan fingerprint density at radius 2 is 1.60 bits per heavy atom. The Morgan fingerprint density at radius 1 is 0.880 bits per heavy atom. The summed E-state index contributed by atoms with van der Waals surface area (Å²) in [5.74, 6) is -0.929. The molecule has 0 amide bonds. The molecule has 0 bridgehead atoms. The summed E-state index contributed by atoms with van der Waals surface area (Å²) in [7, 11) is 0. The van der Waals surface area contributed by atoms with E-state index in [0.29, 0.717) is 21.4 Å². The highest BCUT2D eigenvalue weighted by Crippen LogP contribution is 2.27. The largest absolute Gasteiger partial charge is 0.335 e. The first-order valence-corrected chi connectivity index (χ1v) is 7.97. The standard InChI is InChI=1S/C17H12Cl2F2N4/c1-9-7-15(24-16-13(20)3-2-4-14(16)21)25-17(22-9)23-10-5-6-11(18)12(19)8-10/h2-8H,1H3,(H2,22,23,24,25). The minimum absolute atomic E-state index is 0.248. The molecule has 3 aromatic rings. The number of benzene rings is 2. The van der Waals surface area contributed by atoms with Gasteiger partial charge in [0.1, 0.15) is 23.1 Å². The summed E-state index contributed by atoms with van der Waals surface area (Å²) >= 11 is 11.9. The minimum atomic E-state index is -0.713. The number of aromatic nitrogens is 2. The lowest BCUT2D eigenvalue weighted by Crippen LogP contribution is -2.04. The van der Waals surface area contributed by atoms with E-state index in [9.17, 15) is 8.78 Å². The van der Waals surface area contributed by atoms with Gasteiger partial charge in [-0.25, -0.2) is 13.8 Å². The van der Waals surface area contributed by atoms with Gasteiger partial charge >= 0.3 is 0 Å². The van der Waals surface area contributed by atoms with Crippen LogP contribution in [-0.4, -0.2) is 9.97 Å². The number of nitrogens with zero attached hydrogens (tertiary/aromatic N) is 2. The first-order valence-electron chi connectivity index (χ1n) is 7.21. The Labute approximate surface area is 152 Å². The maximum absolute atomic E-state index is 13.8. The van der Waals surface area contributed by atoms with Crippen LogP contribution < -0.4 is 10.6 Å². The molecule has 25 heavy (non-hydrogen) atoms. The molecule has 0 saturated carbocycles. The molecule has 0 fully saturated rings. The predicted octanol–water partition coefficient (Wildman–Crippen LogP) is 5.86. The smallest absolute Gasteiger partial charge is 0.229 e. The van der Waals surface area contributed by atoms with E-state index in [2.05, 4.69) is 20.6 Å². The van der Waals surface area contributed by atoms with Crippen molar-refractivity contribution in [3.8, 4) is 0 Å². The lowest BCUT2D eigenvalue weighted by atomic mass is 10.3. The fraction of sp³-hybridized carbons (Fsp3) is 0.0588. The van der Waals surface area contributed by atoms with Crippen LogP contribution in [0, 0.1) is 18.6 Å². The van der Waals surface area contributed by atoms with Crippen LogP contribution in [0.5, 0.6) is 0 Å². The van der Waals surface area contributed by atoms with Crippen LogP contribution in [0.3, 0.4) is 0 Å². The van der Waals surface area contributed by atoms with Crippen molar-refractivity contribution in [2.75, 3.05) is 10.6 Å². The summed E-state index contributed by atoms with van der Waals surface area (Å²) < 4.78 is 27.6. The highest BCUT2D eigenvalue weighted by atomic mass is 35.5. The molecule has 4 nitrogen and oxygen atoms in total. The number of hydrogen-bond donors (Lipinski definition) is 2. The molecule has 3 rings (SSSR count). The quantitative estimate of drug-likeness (QED) is 0.595. The Hall–Kier alpha value is -2.44. The molecule has 0 aliphatic carbocycles. The molecule has 8 heteroatoms. The topological polar surface area (TPSA) is 49.8 Å². The third-order valence-electron chi connectivity index (χ3n) is 3.25. The zero-order valence-electron chi connectivity index (χ0n) is 12.9. The van der Waals surface area contributed by atoms with Crippen molar-refractivity contribution in [1.29, 1.82) is 0 Å². The van der Waals surface area contributed by atoms with Gasteiger partial charge in [0.15, 0.2) is 0 Å². The monoisotopic (exact) mass is 380 g/mol. The van der Waals surface area contributed by atoms with Gasteiger partial charge in [0.25, 0.3) is 0 Å². The van der Waals surface area contributed by atoms with Crippen LogP contribution in [0.15, 0.2) is 42.5 Å². The minimum Gasteiger partial charge on any atom is -0.335 e. The van der Waals surface area contributed by atoms with Crippen LogP contribution in [0.25, 0.3) is 0 Å². The Balaban J connectivity index is 1.89. The lowest BCUT2D eigenvalue weighted by molar-refractivity contribution is 0.590. The van der Waals surface area contributed by atoms with E-state index in [1.54, 1.807) is 31.2 Å². The molecular formula is C17H12Cl2F2N4. The second-order valence-electron chi connectivity index (χ2n) is 5.19. The SMILES string of the molecule is Cc1cc(Nc2c(F)cccc2F)nc(Nc2ccc(Cl)c(Cl)c2)n1. The van der Waals surface area contributed by atoms with Gasteiger partial charge in [0.2, 0.25) is 5.95 Å². The van der Waals surface area contributed by atoms with E-state index in [1.807, 2.05) is 0 Å². The lowest BCUT2D eigenvalue weighted by Gasteiger charge is -2.11. The number of para-hydroxylation sites is 1. The third kappa shape index (κ3) is 4.15. The number of hydrogen-bond acceptors (Lipinski definition) is 4. The predicted molar refractivity (Wildman–Crippen MR) is 96.2 cm³/mol. The van der Waals surface area contributed by atoms with Crippen LogP contribution in [-0.2, 0) is 0 Å². The van der Waals surface area contributed by atoms with Gasteiger partial charge in [-0.3, -0.25) is 0 Å². The molecule has 0 atom stereocenters. The average Bonchev–Trinajstić information content (AvgIpc) is 2.54. The van der Waals surface area contributed by atoms with Gasteiger partial charge in [-0.1, -0.05) is 29.3 Å². The zero-order valence-corrected chi connectivity index (χ0v) is 14.5. The van der Waals surface area contributed by atoms with Crippen molar-refractivity contribution >= 4 is 46.3 Å². The zero-order chi connectivity index (χ0) is 18.0. The molecule has 0 saturated heterocycles. The molecule has 2 aromatic carbocycles. The van der Waals surface area contributed by atoms with E-state index < -0.39 is 11.6 Å². The molecule has 128 valence electrons. The van der Waals surface area contributed by atoms with E-state index in [4.69, 9.17) is 23.2 Å². The number of anilines is 4. The van der Waals surface area contributed by atoms with Crippen molar-refractivity contribution in [2.45, 2.75) is 6.92 Å². The van der Waals surface area contributed by atoms with Crippen molar-refractivity contribution in [1.82, 2.24) is 9.97 Å². The summed E-state index contributed by atoms with van der Waals surface area (Å²) in [5.41, 5.74) is 0.959. The molecule has 0 aliphatic heterocycles. The summed E-state index contributed by atoms with van der Waals surface area (Å²) in [4.78, 5) is 8.46. The molecule has 0 unspecified atom stereocenters. The van der Waals surface area contributed by atoms with Gasteiger partial charge in [-0.15, -0.1) is 0 Å². The second kappa shape index (κ2) is 7.21. The second-order valence-corrected chi connectivity index (χ2v) is 6.01. The number of aryl methyl sites for hydroxylation is 1. The molecule has 1 aromatic heterocycles. The van der Waals surface area contributed by atoms with Gasteiger partial charge in [-0.2, -0.15) is 4.98 Å². The maximum Gasteiger partial charge on any atom is 0.229 e. The fourth-order valence-electron chi connectivity index (χ4n) is 2.14. The molecule has 2 N–H and O–H groups in total. The first kappa shape index (κ1) is 17.4. The number of halogens is 4. The van der Waals surface area contributed by atoms with Gasteiger partial charge < -0.3 is 10.6 Å². The summed E-state index contributed by atoms with van der Waals surface area (Å²) in [6.45, 7) is 1.74. The third-order valence-corrected chi connectivity index (χ3v) is 3.98. The highest BCUT2D eigenvalue weighted by Gasteiger charge is 2.11. The van der Waals surface area contributed by atoms with Crippen LogP contribution in [0.4, 0.5) is 31.9 Å². The first-order chi connectivity index (χ1) is 11.9. The van der Waals surface area contributed by atoms with E-state index in [-0.39, 0.29) is 17.5 Å². The highest BCUT2D eigenvalue weighted by molar-refractivity contribution is 6.42. The average molecular weight is 381 g/mol. The van der Waals surface area contributed by atoms with Crippen LogP contribution in [0.1, 0.15) is 5.69 Å². The molecule has 0 spiro atoms. The van der Waals surface area contributed by atoms with Crippen molar-refractivity contribution in [3.05, 3.63) is 69.8 Å². The molecular weight excluding hydrogens is 369 g/mol. The van der Waals surface area contributed by atoms with Crippen molar-refractivity contribution in [3.63, 3.8) is 0 Å². The summed E-state index contributed by atoms with van der Waals surface area (Å²) in [6, 6.07) is 10.2. The number of nitrogens with one attached hydrogen (secondary N) is 2. The van der Waals surface area contributed by atoms with E-state index in [1.165, 1.54) is 6.07 Å². The van der Waals surface area contributed by atoms with Gasteiger partial charge in [0.05, 0.1) is 10.0 Å². The number of rotatable bonds is 4. The molecule has 0 aliphatic rings. The normalized spacial score (nSPS) is 10.6. The Bertz CT molecular complexity index is 914. The maximum atomic E-state index is 13.8. The van der Waals surface area contributed by atoms with Crippen LogP contribution >= 0.6 is 23.2 Å². The van der Waals surface area contributed by atoms with E-state index in [0.717, 1.165) is 12.1 Å². The Morgan fingerprint density at radius 3 is 2.28 bits per heavy atom. The summed E-state index contributed by atoms with van der Waals surface area (Å²) in [6.07, 6.45) is 0.